The number of ether oxygens (including phenoxy) is 1. The van der Waals surface area contributed by atoms with Crippen LogP contribution in [0.4, 0.5) is 0 Å². The Labute approximate surface area is 167 Å². The molecule has 2 aromatic rings. The molecule has 0 unspecified atom stereocenters. The third-order valence-electron chi connectivity index (χ3n) is 4.42. The number of sulfonamides is 1. The number of hydrogen-bond acceptors (Lipinski definition) is 4. The summed E-state index contributed by atoms with van der Waals surface area (Å²) in [5, 5.41) is 2.72. The molecule has 7 heteroatoms. The van der Waals surface area contributed by atoms with Crippen LogP contribution < -0.4 is 10.0 Å². The zero-order valence-corrected chi connectivity index (χ0v) is 17.4. The molecule has 6 nitrogen and oxygen atoms in total. The van der Waals surface area contributed by atoms with Gasteiger partial charge in [-0.3, -0.25) is 4.79 Å². The second kappa shape index (κ2) is 10.4. The van der Waals surface area contributed by atoms with E-state index < -0.39 is 10.0 Å². The first kappa shape index (κ1) is 22.1. The van der Waals surface area contributed by atoms with Gasteiger partial charge in [-0.15, -0.1) is 0 Å². The van der Waals surface area contributed by atoms with Crippen LogP contribution in [-0.4, -0.2) is 40.6 Å². The van der Waals surface area contributed by atoms with E-state index in [9.17, 15) is 13.2 Å². The molecular formula is C21H28N2O4S. The molecule has 0 spiro atoms. The molecule has 28 heavy (non-hydrogen) atoms. The monoisotopic (exact) mass is 404 g/mol. The number of amides is 1. The van der Waals surface area contributed by atoms with E-state index >= 15 is 0 Å². The summed E-state index contributed by atoms with van der Waals surface area (Å²) in [6, 6.07) is 14.3. The zero-order valence-electron chi connectivity index (χ0n) is 16.6. The molecule has 0 fully saturated rings. The maximum absolute atomic E-state index is 12.7. The van der Waals surface area contributed by atoms with E-state index in [1.807, 2.05) is 37.3 Å². The Balaban J connectivity index is 2.05. The van der Waals surface area contributed by atoms with Gasteiger partial charge in [0.2, 0.25) is 10.0 Å². The maximum Gasteiger partial charge on any atom is 0.251 e. The van der Waals surface area contributed by atoms with Crippen LogP contribution in [0.15, 0.2) is 53.4 Å². The predicted octanol–water partition coefficient (Wildman–Crippen LogP) is 2.67. The van der Waals surface area contributed by atoms with Crippen molar-refractivity contribution in [1.82, 2.24) is 10.0 Å². The van der Waals surface area contributed by atoms with Gasteiger partial charge in [-0.2, -0.15) is 0 Å². The van der Waals surface area contributed by atoms with Crippen molar-refractivity contribution in [3.05, 3.63) is 65.2 Å². The summed E-state index contributed by atoms with van der Waals surface area (Å²) in [6.45, 7) is 4.37. The fourth-order valence-corrected chi connectivity index (χ4v) is 4.10. The molecule has 0 bridgehead atoms. The van der Waals surface area contributed by atoms with Crippen LogP contribution in [0.1, 0.15) is 34.8 Å². The summed E-state index contributed by atoms with van der Waals surface area (Å²) in [5.41, 5.74) is 2.22. The number of rotatable bonds is 10. The van der Waals surface area contributed by atoms with Crippen molar-refractivity contribution in [2.45, 2.75) is 37.6 Å². The Kier molecular flexibility index (Phi) is 8.17. The molecule has 2 rings (SSSR count). The molecular weight excluding hydrogens is 376 g/mol. The van der Waals surface area contributed by atoms with Gasteiger partial charge >= 0.3 is 0 Å². The first-order chi connectivity index (χ1) is 13.3. The lowest BCUT2D eigenvalue weighted by molar-refractivity contribution is 0.0936. The lowest BCUT2D eigenvalue weighted by atomic mass is 10.1. The molecule has 1 amide bonds. The molecule has 0 aliphatic rings. The molecule has 0 saturated carbocycles. The highest BCUT2D eigenvalue weighted by molar-refractivity contribution is 7.89. The van der Waals surface area contributed by atoms with Gasteiger partial charge in [-0.05, 0) is 49.9 Å². The largest absolute Gasteiger partial charge is 0.383 e. The molecule has 152 valence electrons. The van der Waals surface area contributed by atoms with Gasteiger partial charge in [0.25, 0.3) is 5.91 Å². The van der Waals surface area contributed by atoms with Gasteiger partial charge in [0.15, 0.2) is 0 Å². The van der Waals surface area contributed by atoms with Crippen molar-refractivity contribution >= 4 is 15.9 Å². The third-order valence-corrected chi connectivity index (χ3v) is 6.01. The average Bonchev–Trinajstić information content (AvgIpc) is 2.67. The minimum Gasteiger partial charge on any atom is -0.383 e. The molecule has 1 atom stereocenters. The summed E-state index contributed by atoms with van der Waals surface area (Å²) >= 11 is 0. The van der Waals surface area contributed by atoms with E-state index in [1.54, 1.807) is 20.1 Å². The quantitative estimate of drug-likeness (QED) is 0.596. The van der Waals surface area contributed by atoms with Crippen molar-refractivity contribution in [2.75, 3.05) is 20.3 Å². The Bertz CT molecular complexity index is 883. The van der Waals surface area contributed by atoms with Crippen molar-refractivity contribution in [1.29, 1.82) is 0 Å². The first-order valence-corrected chi connectivity index (χ1v) is 10.8. The SMILES string of the molecule is COCCNC(=O)c1cc(S(=O)(=O)N[C@@H](C)CCc2ccccc2)ccc1C. The number of nitrogens with one attached hydrogen (secondary N) is 2. The van der Waals surface area contributed by atoms with Crippen molar-refractivity contribution in [3.8, 4) is 0 Å². The molecule has 0 aliphatic carbocycles. The summed E-state index contributed by atoms with van der Waals surface area (Å²) < 4.78 is 33.1. The van der Waals surface area contributed by atoms with Crippen molar-refractivity contribution < 1.29 is 17.9 Å². The Morgan fingerprint density at radius 3 is 2.54 bits per heavy atom. The molecule has 2 N–H and O–H groups in total. The average molecular weight is 405 g/mol. The van der Waals surface area contributed by atoms with Crippen LogP contribution in [0, 0.1) is 6.92 Å². The third kappa shape index (κ3) is 6.44. The summed E-state index contributed by atoms with van der Waals surface area (Å²) in [7, 11) is -2.17. The fraction of sp³-hybridized carbons (Fsp3) is 0.381. The van der Waals surface area contributed by atoms with Gasteiger partial charge in [0.1, 0.15) is 0 Å². The van der Waals surface area contributed by atoms with Gasteiger partial charge in [0, 0.05) is 25.3 Å². The Morgan fingerprint density at radius 1 is 1.14 bits per heavy atom. The number of benzene rings is 2. The Hall–Kier alpha value is -2.22. The molecule has 0 saturated heterocycles. The van der Waals surface area contributed by atoms with Gasteiger partial charge in [0.05, 0.1) is 11.5 Å². The summed E-state index contributed by atoms with van der Waals surface area (Å²) in [6.07, 6.45) is 1.46. The fourth-order valence-electron chi connectivity index (χ4n) is 2.79. The van der Waals surface area contributed by atoms with E-state index in [2.05, 4.69) is 10.0 Å². The molecule has 0 radical (unpaired) electrons. The minimum absolute atomic E-state index is 0.0848. The number of carbonyl (C=O) groups is 1. The van der Waals surface area contributed by atoms with Gasteiger partial charge in [-0.1, -0.05) is 36.4 Å². The van der Waals surface area contributed by atoms with Crippen LogP contribution in [-0.2, 0) is 21.2 Å². The van der Waals surface area contributed by atoms with Crippen LogP contribution >= 0.6 is 0 Å². The van der Waals surface area contributed by atoms with Crippen LogP contribution in [0.3, 0.4) is 0 Å². The summed E-state index contributed by atoms with van der Waals surface area (Å²) in [5.74, 6) is -0.316. The van der Waals surface area contributed by atoms with E-state index in [1.165, 1.54) is 17.7 Å². The lowest BCUT2D eigenvalue weighted by Gasteiger charge is -2.15. The number of aryl methyl sites for hydroxylation is 2. The standard InChI is InChI=1S/C21H28N2O4S/c1-16-9-12-19(15-20(16)21(24)22-13-14-27-3)28(25,26)23-17(2)10-11-18-7-5-4-6-8-18/h4-9,12,15,17,23H,10-11,13-14H2,1-3H3,(H,22,24)/t17-/m0/s1. The highest BCUT2D eigenvalue weighted by atomic mass is 32.2. The van der Waals surface area contributed by atoms with Gasteiger partial charge < -0.3 is 10.1 Å². The topological polar surface area (TPSA) is 84.5 Å². The normalized spacial score (nSPS) is 12.5. The predicted molar refractivity (Wildman–Crippen MR) is 110 cm³/mol. The second-order valence-corrected chi connectivity index (χ2v) is 8.49. The molecule has 0 heterocycles. The van der Waals surface area contributed by atoms with E-state index in [-0.39, 0.29) is 16.8 Å². The number of hydrogen-bond donors (Lipinski definition) is 2. The second-order valence-electron chi connectivity index (χ2n) is 6.77. The van der Waals surface area contributed by atoms with Crippen LogP contribution in [0.2, 0.25) is 0 Å². The van der Waals surface area contributed by atoms with Crippen molar-refractivity contribution in [3.63, 3.8) is 0 Å². The number of methoxy groups -OCH3 is 1. The number of carbonyl (C=O) groups excluding carboxylic acids is 1. The lowest BCUT2D eigenvalue weighted by Crippen LogP contribution is -2.33. The van der Waals surface area contributed by atoms with E-state index in [4.69, 9.17) is 4.74 Å². The van der Waals surface area contributed by atoms with Gasteiger partial charge in [-0.25, -0.2) is 13.1 Å². The van der Waals surface area contributed by atoms with Crippen LogP contribution in [0.5, 0.6) is 0 Å². The molecule has 0 aliphatic heterocycles. The van der Waals surface area contributed by atoms with Crippen molar-refractivity contribution in [2.24, 2.45) is 0 Å². The highest BCUT2D eigenvalue weighted by Crippen LogP contribution is 2.17. The zero-order chi connectivity index (χ0) is 20.6. The molecule has 0 aromatic heterocycles. The van der Waals surface area contributed by atoms with Crippen LogP contribution in [0.25, 0.3) is 0 Å². The highest BCUT2D eigenvalue weighted by Gasteiger charge is 2.20. The summed E-state index contributed by atoms with van der Waals surface area (Å²) in [4.78, 5) is 12.4. The van der Waals surface area contributed by atoms with E-state index in [0.717, 1.165) is 6.42 Å². The van der Waals surface area contributed by atoms with E-state index in [0.29, 0.717) is 30.7 Å². The minimum atomic E-state index is -3.72. The maximum atomic E-state index is 12.7. The first-order valence-electron chi connectivity index (χ1n) is 9.27. The molecule has 2 aromatic carbocycles. The smallest absolute Gasteiger partial charge is 0.251 e. The Morgan fingerprint density at radius 2 is 1.86 bits per heavy atom.